The van der Waals surface area contributed by atoms with Crippen LogP contribution in [-0.4, -0.2) is 0 Å². The van der Waals surface area contributed by atoms with Crippen LogP contribution in [0, 0.1) is 0 Å². The number of nitrogens with one attached hydrogen (secondary N) is 3. The SMILES string of the molecule is C(=C(C=C(NOCc1ccccc1)c1ccccc1)NOCc1ccccc1)=C(NOCc1ccccc1)c1ccccc1. The number of rotatable bonds is 15. The summed E-state index contributed by atoms with van der Waals surface area (Å²) >= 11 is 0. The maximum absolute atomic E-state index is 5.96. The molecule has 0 atom stereocenters. The third kappa shape index (κ3) is 9.88. The molecular formula is C38H35N3O3. The minimum atomic E-state index is 0.358. The van der Waals surface area contributed by atoms with Gasteiger partial charge in [-0.25, -0.2) is 0 Å². The fourth-order valence-corrected chi connectivity index (χ4v) is 4.23. The van der Waals surface area contributed by atoms with Gasteiger partial charge in [-0.15, -0.1) is 0 Å². The lowest BCUT2D eigenvalue weighted by Crippen LogP contribution is -2.18. The third-order valence-corrected chi connectivity index (χ3v) is 6.48. The molecule has 0 saturated carbocycles. The van der Waals surface area contributed by atoms with E-state index in [9.17, 15) is 0 Å². The van der Waals surface area contributed by atoms with Crippen LogP contribution in [0.4, 0.5) is 0 Å². The molecule has 0 fully saturated rings. The summed E-state index contributed by atoms with van der Waals surface area (Å²) in [6.07, 6.45) is 1.90. The Morgan fingerprint density at radius 2 is 0.841 bits per heavy atom. The zero-order chi connectivity index (χ0) is 30.1. The van der Waals surface area contributed by atoms with Crippen LogP contribution >= 0.6 is 0 Å². The van der Waals surface area contributed by atoms with E-state index in [0.29, 0.717) is 31.2 Å². The molecule has 5 rings (SSSR count). The summed E-state index contributed by atoms with van der Waals surface area (Å²) < 4.78 is 0. The zero-order valence-electron chi connectivity index (χ0n) is 24.4. The first-order valence-electron chi connectivity index (χ1n) is 14.4. The summed E-state index contributed by atoms with van der Waals surface area (Å²) in [6, 6.07) is 49.8. The number of hydroxylamine groups is 3. The molecule has 6 nitrogen and oxygen atoms in total. The Morgan fingerprint density at radius 3 is 1.32 bits per heavy atom. The second-order valence-corrected chi connectivity index (χ2v) is 9.83. The molecule has 0 aliphatic heterocycles. The van der Waals surface area contributed by atoms with Crippen molar-refractivity contribution < 1.29 is 14.5 Å². The summed E-state index contributed by atoms with van der Waals surface area (Å²) in [4.78, 5) is 17.8. The standard InChI is InChI=1S/C38H35N3O3/c1-6-16-31(17-7-1)28-42-39-36(26-37(34-22-12-4-13-23-34)40-43-29-32-18-8-2-9-19-32)27-38(35-24-14-5-15-25-35)41-44-30-33-20-10-3-11-21-33/h1-26,39-41H,28-30H2. The van der Waals surface area contributed by atoms with Gasteiger partial charge in [0, 0.05) is 5.56 Å². The third-order valence-electron chi connectivity index (χ3n) is 6.48. The van der Waals surface area contributed by atoms with Gasteiger partial charge in [-0.3, -0.25) is 31.0 Å². The first-order chi connectivity index (χ1) is 21.8. The van der Waals surface area contributed by atoms with Crippen LogP contribution in [0.1, 0.15) is 27.8 Å². The van der Waals surface area contributed by atoms with E-state index < -0.39 is 0 Å². The van der Waals surface area contributed by atoms with Gasteiger partial charge in [0.25, 0.3) is 0 Å². The average molecular weight is 582 g/mol. The fourth-order valence-electron chi connectivity index (χ4n) is 4.23. The summed E-state index contributed by atoms with van der Waals surface area (Å²) in [6.45, 7) is 1.13. The lowest BCUT2D eigenvalue weighted by atomic mass is 10.1. The van der Waals surface area contributed by atoms with Crippen molar-refractivity contribution in [3.63, 3.8) is 0 Å². The molecule has 0 unspecified atom stereocenters. The molecule has 0 aromatic heterocycles. The van der Waals surface area contributed by atoms with Crippen LogP contribution in [0.5, 0.6) is 0 Å². The smallest absolute Gasteiger partial charge is 0.112 e. The summed E-state index contributed by atoms with van der Waals surface area (Å²) in [5.74, 6) is 0. The van der Waals surface area contributed by atoms with Crippen molar-refractivity contribution in [1.29, 1.82) is 0 Å². The molecule has 5 aromatic carbocycles. The van der Waals surface area contributed by atoms with Crippen LogP contribution in [-0.2, 0) is 34.3 Å². The monoisotopic (exact) mass is 581 g/mol. The highest BCUT2D eigenvalue weighted by molar-refractivity contribution is 5.68. The van der Waals surface area contributed by atoms with Gasteiger partial charge >= 0.3 is 0 Å². The fraction of sp³-hybridized carbons (Fsp3) is 0.0789. The Labute approximate surface area is 258 Å². The summed E-state index contributed by atoms with van der Waals surface area (Å²) in [5.41, 5.74) is 19.7. The van der Waals surface area contributed by atoms with Crippen molar-refractivity contribution in [2.24, 2.45) is 0 Å². The number of hydrogen-bond donors (Lipinski definition) is 3. The largest absolute Gasteiger partial charge is 0.271 e. The van der Waals surface area contributed by atoms with Gasteiger partial charge in [0.1, 0.15) is 11.4 Å². The molecule has 0 aliphatic rings. The van der Waals surface area contributed by atoms with Crippen molar-refractivity contribution in [2.75, 3.05) is 0 Å². The Hall–Kier alpha value is -5.36. The molecule has 0 bridgehead atoms. The maximum atomic E-state index is 5.96. The van der Waals surface area contributed by atoms with Gasteiger partial charge in [-0.2, -0.15) is 0 Å². The van der Waals surface area contributed by atoms with Crippen molar-refractivity contribution in [3.05, 3.63) is 197 Å². The molecule has 0 saturated heterocycles. The number of benzene rings is 5. The average Bonchev–Trinajstić information content (AvgIpc) is 3.09. The van der Waals surface area contributed by atoms with Gasteiger partial charge in [0.05, 0.1) is 25.5 Å². The topological polar surface area (TPSA) is 63.8 Å². The summed E-state index contributed by atoms with van der Waals surface area (Å²) in [7, 11) is 0. The van der Waals surface area contributed by atoms with E-state index in [-0.39, 0.29) is 0 Å². The summed E-state index contributed by atoms with van der Waals surface area (Å²) in [5, 5.41) is 0. The van der Waals surface area contributed by atoms with Crippen LogP contribution in [0.3, 0.4) is 0 Å². The highest BCUT2D eigenvalue weighted by Crippen LogP contribution is 2.16. The van der Waals surface area contributed by atoms with Crippen LogP contribution in [0.25, 0.3) is 11.4 Å². The van der Waals surface area contributed by atoms with Crippen molar-refractivity contribution in [1.82, 2.24) is 16.4 Å². The minimum absolute atomic E-state index is 0.358. The normalized spacial score (nSPS) is 10.9. The van der Waals surface area contributed by atoms with Crippen LogP contribution in [0.15, 0.2) is 169 Å². The zero-order valence-corrected chi connectivity index (χ0v) is 24.4. The van der Waals surface area contributed by atoms with E-state index in [1.54, 1.807) is 0 Å². The molecule has 0 spiro atoms. The number of hydrogen-bond acceptors (Lipinski definition) is 6. The van der Waals surface area contributed by atoms with Gasteiger partial charge in [0.2, 0.25) is 0 Å². The van der Waals surface area contributed by atoms with E-state index in [4.69, 9.17) is 14.5 Å². The molecule has 3 N–H and O–H groups in total. The van der Waals surface area contributed by atoms with E-state index in [1.807, 2.05) is 158 Å². The molecule has 44 heavy (non-hydrogen) atoms. The molecule has 0 amide bonds. The molecule has 5 aromatic rings. The van der Waals surface area contributed by atoms with E-state index >= 15 is 0 Å². The molecule has 220 valence electrons. The van der Waals surface area contributed by atoms with Crippen molar-refractivity contribution >= 4 is 11.4 Å². The first-order valence-corrected chi connectivity index (χ1v) is 14.4. The second-order valence-electron chi connectivity index (χ2n) is 9.83. The highest BCUT2D eigenvalue weighted by Gasteiger charge is 2.07. The second kappa shape index (κ2) is 16.9. The maximum Gasteiger partial charge on any atom is 0.112 e. The quantitative estimate of drug-likeness (QED) is 0.0669. The Bertz CT molecular complexity index is 1640. The van der Waals surface area contributed by atoms with Gasteiger partial charge < -0.3 is 0 Å². The van der Waals surface area contributed by atoms with Gasteiger partial charge in [-0.1, -0.05) is 157 Å². The highest BCUT2D eigenvalue weighted by atomic mass is 16.7. The van der Waals surface area contributed by atoms with E-state index in [1.165, 1.54) is 0 Å². The molecular weight excluding hydrogens is 546 g/mol. The van der Waals surface area contributed by atoms with Crippen molar-refractivity contribution in [2.45, 2.75) is 19.8 Å². The van der Waals surface area contributed by atoms with E-state index in [0.717, 1.165) is 33.5 Å². The van der Waals surface area contributed by atoms with Crippen LogP contribution in [0.2, 0.25) is 0 Å². The first kappa shape index (κ1) is 30.1. The predicted octanol–water partition coefficient (Wildman–Crippen LogP) is 7.72. The lowest BCUT2D eigenvalue weighted by molar-refractivity contribution is 0.0506. The number of allylic oxidation sites excluding steroid dienone is 1. The van der Waals surface area contributed by atoms with Gasteiger partial charge in [-0.05, 0) is 28.3 Å². The van der Waals surface area contributed by atoms with Crippen molar-refractivity contribution in [3.8, 4) is 0 Å². The molecule has 0 radical (unpaired) electrons. The Morgan fingerprint density at radius 1 is 0.455 bits per heavy atom. The molecule has 0 heterocycles. The molecule has 0 aliphatic carbocycles. The Balaban J connectivity index is 1.48. The predicted molar refractivity (Wildman–Crippen MR) is 174 cm³/mol. The Kier molecular flexibility index (Phi) is 11.6. The lowest BCUT2D eigenvalue weighted by Gasteiger charge is -2.14. The molecule has 6 heteroatoms. The van der Waals surface area contributed by atoms with Crippen LogP contribution < -0.4 is 16.4 Å². The minimum Gasteiger partial charge on any atom is -0.271 e. The van der Waals surface area contributed by atoms with E-state index in [2.05, 4.69) is 22.2 Å². The van der Waals surface area contributed by atoms with Gasteiger partial charge in [0.15, 0.2) is 0 Å².